The number of amidine groups is 5. The minimum Gasteiger partial charge on any atom is -0.497 e. The van der Waals surface area contributed by atoms with Gasteiger partial charge in [-0.2, -0.15) is 0 Å². The molecule has 5 N–H and O–H groups in total. The van der Waals surface area contributed by atoms with E-state index < -0.39 is 28.0 Å². The van der Waals surface area contributed by atoms with E-state index in [-0.39, 0.29) is 28.9 Å². The highest BCUT2D eigenvalue weighted by molar-refractivity contribution is 7.15. The number of aromatic nitrogens is 1. The molecule has 11 aromatic rings. The molecule has 5 saturated heterocycles. The molecule has 12 heterocycles. The summed E-state index contributed by atoms with van der Waals surface area (Å²) in [6.07, 6.45) is 5.14. The molecule has 21 rings (SSSR count). The first-order valence-electron chi connectivity index (χ1n) is 39.9. The number of halogens is 1. The molecule has 25 heteroatoms. The second kappa shape index (κ2) is 30.2. The van der Waals surface area contributed by atoms with Crippen molar-refractivity contribution in [1.29, 1.82) is 0 Å². The lowest BCUT2D eigenvalue weighted by Gasteiger charge is -2.30. The van der Waals surface area contributed by atoms with E-state index >= 15 is 0 Å². The number of methoxy groups -OCH3 is 1. The number of nitrogens with zero attached hydrogens (tertiary/aromatic N) is 11. The fraction of sp³-hybridized carbons (Fsp3) is 0.274. The largest absolute Gasteiger partial charge is 0.497 e. The summed E-state index contributed by atoms with van der Waals surface area (Å²) >= 11 is 7.49. The Balaban J connectivity index is 0.000000107. The molecule has 0 radical (unpaired) electrons. The zero-order valence-corrected chi connectivity index (χ0v) is 69.8. The fourth-order valence-corrected chi connectivity index (χ4v) is 18.1. The predicted octanol–water partition coefficient (Wildman–Crippen LogP) is 16.7. The molecule has 10 aliphatic rings. The van der Waals surface area contributed by atoms with Crippen LogP contribution in [0.15, 0.2) is 212 Å². The molecular formula is C95H88ClN11O12S. The maximum Gasteiger partial charge on any atom is 0.204 e. The van der Waals surface area contributed by atoms with E-state index in [1.165, 1.54) is 11.3 Å². The quantitative estimate of drug-likeness (QED) is 0.103. The van der Waals surface area contributed by atoms with Crippen molar-refractivity contribution in [3.8, 4) is 5.75 Å². The normalized spacial score (nSPS) is 22.3. The number of Topliss-reactive ketones (excluding diaryl/α,β-unsaturated/α-hetero) is 5. The highest BCUT2D eigenvalue weighted by Gasteiger charge is 2.57. The van der Waals surface area contributed by atoms with E-state index in [1.54, 1.807) is 37.8 Å². The standard InChI is InChI=1S/C20H16N2O3.C20H20N2O3.C19H17ClN2O2.C19H18N2O2.C17H17N3O2S/c1-12-2-5-16-15(10-12)18(23)20(24)7-8-22(19(20)21-16)14-4-3-13-6-9-25-17(13)11-14;1-12-10-16-17(11-13(12)2)21-19-20(24,18(16)23)8-9-22(19)14-4-6-15(25-3)7-5-14;1-11-9-15-16(10-12(11)2)21-18-19(24,17(15)23)7-8-22(18)14-5-3-13(20)4-6-14;1-12-4-3-5-14(10-12)21-9-8-19(23)17(22)15-11-13(2)6-7-16(15)20-18(19)21;1-9-6-12-13(7-10(9)2)19-16-17(22,15(12)21)4-5-20(16)14-8-18-11(3)23-14/h2-6,9-11,24H,7-8H2,1H3;4-7,10-11,24H,8-9H2,1-3H3;3-6,9-10,24H,7-8H2,1-2H3;3-7,10-11,23H,8-9H2,1-2H3;6-8,22H,4-5H2,1-3H3/t2*20-;2*19-;17-/m11111/s1. The first-order chi connectivity index (χ1) is 57.3. The van der Waals surface area contributed by atoms with Crippen LogP contribution in [-0.4, -0.2) is 156 Å². The molecule has 608 valence electrons. The molecule has 5 fully saturated rings. The van der Waals surface area contributed by atoms with Crippen molar-refractivity contribution in [3.05, 3.63) is 270 Å². The number of carbonyl (C=O) groups is 5. The summed E-state index contributed by atoms with van der Waals surface area (Å²) in [7, 11) is 1.62. The molecule has 0 aliphatic carbocycles. The molecule has 9 aromatic carbocycles. The van der Waals surface area contributed by atoms with E-state index in [1.807, 2.05) is 245 Å². The molecule has 0 spiro atoms. The first kappa shape index (κ1) is 80.2. The number of thiazole rings is 1. The lowest BCUT2D eigenvalue weighted by molar-refractivity contribution is 0.0600. The van der Waals surface area contributed by atoms with Crippen LogP contribution < -0.4 is 29.2 Å². The monoisotopic (exact) mass is 1640 g/mol. The summed E-state index contributed by atoms with van der Waals surface area (Å²) in [4.78, 5) is 102. The van der Waals surface area contributed by atoms with Crippen molar-refractivity contribution < 1.29 is 58.7 Å². The second-order valence-corrected chi connectivity index (χ2v) is 34.1. The number of ketones is 5. The Bertz CT molecular complexity index is 6350. The van der Waals surface area contributed by atoms with E-state index in [2.05, 4.69) is 29.9 Å². The lowest BCUT2D eigenvalue weighted by atomic mass is 9.86. The molecule has 0 saturated carbocycles. The zero-order valence-electron chi connectivity index (χ0n) is 68.2. The third-order valence-corrected chi connectivity index (χ3v) is 25.6. The second-order valence-electron chi connectivity index (χ2n) is 32.4. The van der Waals surface area contributed by atoms with Gasteiger partial charge in [-0.3, -0.25) is 24.0 Å². The smallest absolute Gasteiger partial charge is 0.204 e. The molecule has 120 heavy (non-hydrogen) atoms. The Morgan fingerprint density at radius 3 is 1.12 bits per heavy atom. The topological polar surface area (TPSA) is 300 Å². The van der Waals surface area contributed by atoms with Crippen LogP contribution in [-0.2, 0) is 0 Å². The molecule has 5 atom stereocenters. The summed E-state index contributed by atoms with van der Waals surface area (Å²) < 4.78 is 10.7. The summed E-state index contributed by atoms with van der Waals surface area (Å²) in [6, 6.07) is 53.0. The third-order valence-electron chi connectivity index (χ3n) is 24.4. The number of fused-ring (bicyclic) bond motifs is 11. The van der Waals surface area contributed by atoms with E-state index in [0.717, 1.165) is 99.5 Å². The number of carbonyl (C=O) groups excluding carboxylic acids is 5. The van der Waals surface area contributed by atoms with Crippen molar-refractivity contribution in [2.45, 2.75) is 129 Å². The highest BCUT2D eigenvalue weighted by Crippen LogP contribution is 2.48. The molecule has 23 nitrogen and oxygen atoms in total. The number of benzene rings is 9. The number of ether oxygens (including phenoxy) is 1. The van der Waals surface area contributed by atoms with Crippen LogP contribution >= 0.6 is 22.9 Å². The molecule has 0 unspecified atom stereocenters. The van der Waals surface area contributed by atoms with Gasteiger partial charge < -0.3 is 59.2 Å². The summed E-state index contributed by atoms with van der Waals surface area (Å²) in [5, 5.41) is 58.7. The summed E-state index contributed by atoms with van der Waals surface area (Å²) in [6.45, 7) is 22.5. The van der Waals surface area contributed by atoms with Gasteiger partial charge in [-0.05, 0) is 248 Å². The van der Waals surface area contributed by atoms with Gasteiger partial charge in [0.15, 0.2) is 33.8 Å². The van der Waals surface area contributed by atoms with Crippen molar-refractivity contribution >= 4 is 148 Å². The zero-order chi connectivity index (χ0) is 84.6. The molecule has 10 aliphatic heterocycles. The summed E-state index contributed by atoms with van der Waals surface area (Å²) in [5.41, 5.74) is 11.8. The van der Waals surface area contributed by atoms with Gasteiger partial charge in [-0.25, -0.2) is 29.9 Å². The van der Waals surface area contributed by atoms with Crippen molar-refractivity contribution in [2.24, 2.45) is 25.0 Å². The maximum atomic E-state index is 13.0. The highest BCUT2D eigenvalue weighted by atomic mass is 35.5. The van der Waals surface area contributed by atoms with E-state index in [9.17, 15) is 49.5 Å². The number of aliphatic hydroxyl groups is 5. The Morgan fingerprint density at radius 2 is 0.725 bits per heavy atom. The van der Waals surface area contributed by atoms with Crippen LogP contribution in [0.3, 0.4) is 0 Å². The Labute approximate surface area is 702 Å². The average Bonchev–Trinajstić information content (AvgIpc) is 1.51. The van der Waals surface area contributed by atoms with Crippen LogP contribution in [0.2, 0.25) is 5.02 Å². The minimum atomic E-state index is -1.56. The van der Waals surface area contributed by atoms with Crippen LogP contribution in [0.25, 0.3) is 11.0 Å². The Kier molecular flexibility index (Phi) is 20.2. The summed E-state index contributed by atoms with van der Waals surface area (Å²) in [5.74, 6) is 1.60. The van der Waals surface area contributed by atoms with Crippen LogP contribution in [0.4, 0.5) is 56.2 Å². The van der Waals surface area contributed by atoms with Crippen molar-refractivity contribution in [3.63, 3.8) is 0 Å². The Hall–Kier alpha value is -12.3. The van der Waals surface area contributed by atoms with Gasteiger partial charge in [-0.1, -0.05) is 47.0 Å². The van der Waals surface area contributed by atoms with Gasteiger partial charge in [0.25, 0.3) is 0 Å². The average molecular weight is 1640 g/mol. The van der Waals surface area contributed by atoms with Crippen LogP contribution in [0.1, 0.15) is 139 Å². The number of aryl methyl sites for hydroxylation is 10. The van der Waals surface area contributed by atoms with Gasteiger partial charge in [0.1, 0.15) is 39.7 Å². The van der Waals surface area contributed by atoms with Gasteiger partial charge in [-0.15, -0.1) is 11.3 Å². The van der Waals surface area contributed by atoms with E-state index in [4.69, 9.17) is 20.8 Å². The van der Waals surface area contributed by atoms with Gasteiger partial charge in [0.2, 0.25) is 28.9 Å². The fourth-order valence-electron chi connectivity index (χ4n) is 17.2. The molecule has 2 aromatic heterocycles. The van der Waals surface area contributed by atoms with Gasteiger partial charge in [0, 0.05) is 132 Å². The lowest BCUT2D eigenvalue weighted by Crippen LogP contribution is -2.48. The molecule has 0 bridgehead atoms. The third kappa shape index (κ3) is 13.6. The Morgan fingerprint density at radius 1 is 0.375 bits per heavy atom. The van der Waals surface area contributed by atoms with E-state index in [0.29, 0.717) is 155 Å². The minimum absolute atomic E-state index is 0.239. The number of hydrogen-bond acceptors (Lipinski definition) is 24. The SMILES string of the molecule is COc1ccc(N2CC[C@@]3(O)C(=O)c4cc(C)c(C)cc4N=C23)cc1.Cc1cc2c(cc1C)C(=O)[C@]1(O)CCN(c3ccc(Cl)cc3)C1=N2.Cc1ccc2c(c1)C(=O)[C@]1(O)CCN(c3ccc4ccoc4c3)C1=N2.Cc1cccc(N2CC[C@@]3(O)C(=O)c4cc(C)ccc4N=C23)c1.Cc1ncc(N2CC[C@@]3(O)C(=O)c4cc(C)c(C)cc4N=C23)s1. The molecular weight excluding hydrogens is 1550 g/mol. The number of hydrogen-bond donors (Lipinski definition) is 5. The van der Waals surface area contributed by atoms with Crippen LogP contribution in [0, 0.1) is 69.2 Å². The molecule has 0 amide bonds. The van der Waals surface area contributed by atoms with Crippen molar-refractivity contribution in [1.82, 2.24) is 4.98 Å². The first-order valence-corrected chi connectivity index (χ1v) is 41.1. The number of aliphatic imine (C=N–C) groups is 5. The number of anilines is 5. The van der Waals surface area contributed by atoms with Gasteiger partial charge in [0.05, 0.1) is 53.0 Å². The number of rotatable bonds is 6. The number of furan rings is 1. The van der Waals surface area contributed by atoms with Crippen LogP contribution in [0.5, 0.6) is 5.75 Å². The maximum absolute atomic E-state index is 13.0. The van der Waals surface area contributed by atoms with Crippen molar-refractivity contribution in [2.75, 3.05) is 64.3 Å². The van der Waals surface area contributed by atoms with Gasteiger partial charge >= 0.3 is 0 Å². The predicted molar refractivity (Wildman–Crippen MR) is 470 cm³/mol.